The van der Waals surface area contributed by atoms with Crippen LogP contribution in [0.25, 0.3) is 16.0 Å². The molecule has 0 radical (unpaired) electrons. The molecule has 4 aromatic rings. The van der Waals surface area contributed by atoms with Crippen molar-refractivity contribution < 1.29 is 14.7 Å². The summed E-state index contributed by atoms with van der Waals surface area (Å²) in [5, 5.41) is 11.5. The van der Waals surface area contributed by atoms with Gasteiger partial charge in [-0.25, -0.2) is 4.98 Å². The number of Topliss-reactive ketones (excluding diaryl/α,β-unsaturated/α-hetero) is 1. The Labute approximate surface area is 182 Å². The van der Waals surface area contributed by atoms with Crippen LogP contribution < -0.4 is 4.90 Å². The van der Waals surface area contributed by atoms with Crippen molar-refractivity contribution in [3.05, 3.63) is 101 Å². The summed E-state index contributed by atoms with van der Waals surface area (Å²) in [6, 6.07) is 23.2. The van der Waals surface area contributed by atoms with E-state index < -0.39 is 17.7 Å². The maximum atomic E-state index is 13.2. The van der Waals surface area contributed by atoms with Crippen LogP contribution >= 0.6 is 11.3 Å². The molecule has 1 atom stereocenters. The van der Waals surface area contributed by atoms with Gasteiger partial charge in [0.2, 0.25) is 0 Å². The minimum absolute atomic E-state index is 0.0674. The fraction of sp³-hybridized carbons (Fsp3) is 0.0800. The van der Waals surface area contributed by atoms with E-state index in [0.29, 0.717) is 10.7 Å². The molecule has 5 rings (SSSR count). The van der Waals surface area contributed by atoms with E-state index in [1.54, 1.807) is 24.3 Å². The van der Waals surface area contributed by atoms with Gasteiger partial charge in [0.1, 0.15) is 5.76 Å². The smallest absolute Gasteiger partial charge is 0.301 e. The number of hydrogen-bond donors (Lipinski definition) is 1. The number of amides is 1. The topological polar surface area (TPSA) is 70.5 Å². The predicted molar refractivity (Wildman–Crippen MR) is 122 cm³/mol. The number of carbonyl (C=O) groups is 2. The zero-order chi connectivity index (χ0) is 21.5. The lowest BCUT2D eigenvalue weighted by atomic mass is 9.95. The summed E-state index contributed by atoms with van der Waals surface area (Å²) in [4.78, 5) is 32.3. The number of aromatic nitrogens is 1. The van der Waals surface area contributed by atoms with Crippen molar-refractivity contribution in [1.82, 2.24) is 4.98 Å². The van der Waals surface area contributed by atoms with Gasteiger partial charge in [0.25, 0.3) is 5.78 Å². The van der Waals surface area contributed by atoms with Gasteiger partial charge in [-0.3, -0.25) is 14.5 Å². The zero-order valence-electron chi connectivity index (χ0n) is 16.6. The van der Waals surface area contributed by atoms with Crippen molar-refractivity contribution in [2.75, 3.05) is 4.90 Å². The highest BCUT2D eigenvalue weighted by molar-refractivity contribution is 7.22. The minimum Gasteiger partial charge on any atom is -0.507 e. The molecule has 152 valence electrons. The number of anilines is 1. The number of ketones is 1. The van der Waals surface area contributed by atoms with Crippen molar-refractivity contribution in [3.8, 4) is 0 Å². The van der Waals surface area contributed by atoms with Gasteiger partial charge in [-0.2, -0.15) is 0 Å². The summed E-state index contributed by atoms with van der Waals surface area (Å²) >= 11 is 1.36. The number of nitrogens with zero attached hydrogens (tertiary/aromatic N) is 2. The number of rotatable bonds is 3. The van der Waals surface area contributed by atoms with Crippen molar-refractivity contribution >= 4 is 44.1 Å². The first kappa shape index (κ1) is 19.2. The number of fused-ring (bicyclic) bond motifs is 1. The fourth-order valence-corrected chi connectivity index (χ4v) is 4.95. The second kappa shape index (κ2) is 7.49. The molecule has 0 aliphatic carbocycles. The van der Waals surface area contributed by atoms with Gasteiger partial charge in [0.05, 0.1) is 21.8 Å². The van der Waals surface area contributed by atoms with Crippen LogP contribution in [0.3, 0.4) is 0 Å². The maximum Gasteiger partial charge on any atom is 0.301 e. The molecule has 31 heavy (non-hydrogen) atoms. The Morgan fingerprint density at radius 1 is 0.968 bits per heavy atom. The first-order chi connectivity index (χ1) is 15.0. The van der Waals surface area contributed by atoms with E-state index in [9.17, 15) is 14.7 Å². The van der Waals surface area contributed by atoms with Gasteiger partial charge >= 0.3 is 5.91 Å². The van der Waals surface area contributed by atoms with E-state index in [1.165, 1.54) is 16.2 Å². The van der Waals surface area contributed by atoms with E-state index in [-0.39, 0.29) is 11.3 Å². The molecule has 5 nitrogen and oxygen atoms in total. The predicted octanol–water partition coefficient (Wildman–Crippen LogP) is 5.23. The summed E-state index contributed by atoms with van der Waals surface area (Å²) in [5.41, 5.74) is 3.14. The molecule has 0 unspecified atom stereocenters. The van der Waals surface area contributed by atoms with Gasteiger partial charge in [0.15, 0.2) is 5.13 Å². The number of thiazole rings is 1. The standard InChI is InChI=1S/C25H18N2O3S/c1-15-12-13-18-19(14-15)31-25(26-18)27-21(16-8-4-2-5-9-16)20(23(29)24(27)30)22(28)17-10-6-3-7-11-17/h2-14,21,28H,1H3/b22-20+/t21-/m1/s1. The SMILES string of the molecule is Cc1ccc2nc(N3C(=O)C(=O)/C(=C(/O)c4ccccc4)[C@H]3c3ccccc3)sc2c1. The van der Waals surface area contributed by atoms with Gasteiger partial charge in [-0.1, -0.05) is 78.1 Å². The summed E-state index contributed by atoms with van der Waals surface area (Å²) in [5.74, 6) is -1.60. The third-order valence-electron chi connectivity index (χ3n) is 5.35. The average Bonchev–Trinajstić information content (AvgIpc) is 3.32. The fourth-order valence-electron chi connectivity index (χ4n) is 3.85. The molecule has 1 aliphatic heterocycles. The Morgan fingerprint density at radius 2 is 1.65 bits per heavy atom. The van der Waals surface area contributed by atoms with Gasteiger partial charge in [0, 0.05) is 5.56 Å². The molecule has 1 fully saturated rings. The van der Waals surface area contributed by atoms with Crippen LogP contribution in [0.15, 0.2) is 84.4 Å². The molecular weight excluding hydrogens is 408 g/mol. The van der Waals surface area contributed by atoms with Crippen LogP contribution in [0.2, 0.25) is 0 Å². The molecule has 0 saturated carbocycles. The second-order valence-corrected chi connectivity index (χ2v) is 8.42. The molecule has 1 amide bonds. The van der Waals surface area contributed by atoms with Crippen LogP contribution in [0.5, 0.6) is 0 Å². The second-order valence-electron chi connectivity index (χ2n) is 7.41. The molecule has 2 heterocycles. The van der Waals surface area contributed by atoms with Gasteiger partial charge in [-0.15, -0.1) is 0 Å². The van der Waals surface area contributed by atoms with Crippen molar-refractivity contribution in [2.45, 2.75) is 13.0 Å². The average molecular weight is 426 g/mol. The lowest BCUT2D eigenvalue weighted by Gasteiger charge is -2.22. The Morgan fingerprint density at radius 3 is 2.35 bits per heavy atom. The molecule has 6 heteroatoms. The van der Waals surface area contributed by atoms with E-state index in [2.05, 4.69) is 4.98 Å². The Balaban J connectivity index is 1.73. The number of aliphatic hydroxyl groups is 1. The normalized spacial score (nSPS) is 18.1. The summed E-state index contributed by atoms with van der Waals surface area (Å²) < 4.78 is 0.937. The quantitative estimate of drug-likeness (QED) is 0.277. The molecule has 3 aromatic carbocycles. The number of aryl methyl sites for hydroxylation is 1. The zero-order valence-corrected chi connectivity index (χ0v) is 17.5. The maximum absolute atomic E-state index is 13.2. The van der Waals surface area contributed by atoms with E-state index in [1.807, 2.05) is 61.5 Å². The molecule has 1 aliphatic rings. The number of hydrogen-bond acceptors (Lipinski definition) is 5. The van der Waals surface area contributed by atoms with Crippen LogP contribution in [0.1, 0.15) is 22.7 Å². The van der Waals surface area contributed by atoms with Gasteiger partial charge < -0.3 is 5.11 Å². The third-order valence-corrected chi connectivity index (χ3v) is 6.36. The minimum atomic E-state index is -0.761. The summed E-state index contributed by atoms with van der Waals surface area (Å²) in [7, 11) is 0. The van der Waals surface area contributed by atoms with Crippen molar-refractivity contribution in [2.24, 2.45) is 0 Å². The highest BCUT2D eigenvalue weighted by Crippen LogP contribution is 2.44. The summed E-state index contributed by atoms with van der Waals surface area (Å²) in [6.07, 6.45) is 0. The molecule has 1 N–H and O–H groups in total. The first-order valence-corrected chi connectivity index (χ1v) is 10.6. The van der Waals surface area contributed by atoms with Crippen LogP contribution in [-0.2, 0) is 9.59 Å². The van der Waals surface area contributed by atoms with Crippen LogP contribution in [0, 0.1) is 6.92 Å². The number of carbonyl (C=O) groups excluding carboxylic acids is 2. The van der Waals surface area contributed by atoms with Gasteiger partial charge in [-0.05, 0) is 30.2 Å². The Bertz CT molecular complexity index is 1340. The summed E-state index contributed by atoms with van der Waals surface area (Å²) in [6.45, 7) is 1.99. The van der Waals surface area contributed by atoms with Crippen LogP contribution in [0.4, 0.5) is 5.13 Å². The molecular formula is C25H18N2O3S. The Hall–Kier alpha value is -3.77. The first-order valence-electron chi connectivity index (χ1n) is 9.83. The third kappa shape index (κ3) is 3.21. The lowest BCUT2D eigenvalue weighted by Crippen LogP contribution is -2.29. The van der Waals surface area contributed by atoms with Crippen LogP contribution in [-0.4, -0.2) is 21.8 Å². The van der Waals surface area contributed by atoms with Crippen molar-refractivity contribution in [3.63, 3.8) is 0 Å². The number of benzene rings is 3. The number of aliphatic hydroxyl groups excluding tert-OH is 1. The molecule has 0 spiro atoms. The van der Waals surface area contributed by atoms with E-state index in [0.717, 1.165) is 21.3 Å². The highest BCUT2D eigenvalue weighted by atomic mass is 32.1. The lowest BCUT2D eigenvalue weighted by molar-refractivity contribution is -0.132. The molecule has 1 aromatic heterocycles. The highest BCUT2D eigenvalue weighted by Gasteiger charge is 2.48. The largest absolute Gasteiger partial charge is 0.507 e. The van der Waals surface area contributed by atoms with E-state index in [4.69, 9.17) is 0 Å². The molecule has 0 bridgehead atoms. The van der Waals surface area contributed by atoms with E-state index >= 15 is 0 Å². The van der Waals surface area contributed by atoms with Crippen molar-refractivity contribution in [1.29, 1.82) is 0 Å². The Kier molecular flexibility index (Phi) is 4.64. The monoisotopic (exact) mass is 426 g/mol. The molecule has 1 saturated heterocycles.